The number of aliphatic hydroxyl groups excluding tert-OH is 1. The Hall–Kier alpha value is -0.580. The lowest BCUT2D eigenvalue weighted by Gasteiger charge is -2.32. The number of nitrogens with one attached hydrogen (secondary N) is 1. The van der Waals surface area contributed by atoms with Crippen molar-refractivity contribution in [1.82, 2.24) is 5.32 Å². The Morgan fingerprint density at radius 3 is 2.75 bits per heavy atom. The zero-order chi connectivity index (χ0) is 14.4. The zero-order valence-corrected chi connectivity index (χ0v) is 13.8. The van der Waals surface area contributed by atoms with Crippen molar-refractivity contribution in [2.24, 2.45) is 0 Å². The fourth-order valence-electron chi connectivity index (χ4n) is 3.04. The lowest BCUT2D eigenvalue weighted by molar-refractivity contribution is 0.297. The highest BCUT2D eigenvalue weighted by Gasteiger charge is 2.24. The molecule has 1 saturated carbocycles. The Labute approximate surface area is 130 Å². The number of anilines is 1. The maximum Gasteiger partial charge on any atom is 0.0606 e. The van der Waals surface area contributed by atoms with Gasteiger partial charge in [-0.3, -0.25) is 0 Å². The van der Waals surface area contributed by atoms with Crippen LogP contribution in [0.25, 0.3) is 0 Å². The van der Waals surface area contributed by atoms with Crippen molar-refractivity contribution in [2.45, 2.75) is 45.2 Å². The van der Waals surface area contributed by atoms with Crippen molar-refractivity contribution < 1.29 is 5.11 Å². The Kier molecular flexibility index (Phi) is 6.33. The van der Waals surface area contributed by atoms with Crippen LogP contribution in [0, 0.1) is 0 Å². The van der Waals surface area contributed by atoms with Crippen molar-refractivity contribution in [2.75, 3.05) is 24.6 Å². The van der Waals surface area contributed by atoms with Crippen LogP contribution < -0.4 is 10.2 Å². The van der Waals surface area contributed by atoms with Crippen molar-refractivity contribution >= 4 is 21.6 Å². The molecule has 0 unspecified atom stereocenters. The van der Waals surface area contributed by atoms with Gasteiger partial charge in [-0.15, -0.1) is 0 Å². The van der Waals surface area contributed by atoms with E-state index < -0.39 is 0 Å². The highest BCUT2D eigenvalue weighted by atomic mass is 79.9. The van der Waals surface area contributed by atoms with E-state index in [1.807, 2.05) is 0 Å². The largest absolute Gasteiger partial charge is 0.395 e. The molecule has 1 aliphatic rings. The molecule has 0 spiro atoms. The van der Waals surface area contributed by atoms with E-state index >= 15 is 0 Å². The number of halogens is 1. The first-order chi connectivity index (χ1) is 9.76. The van der Waals surface area contributed by atoms with Gasteiger partial charge in [-0.25, -0.2) is 0 Å². The molecule has 112 valence electrons. The molecular formula is C16H25BrN2O. The van der Waals surface area contributed by atoms with E-state index in [2.05, 4.69) is 51.3 Å². The fraction of sp³-hybridized carbons (Fsp3) is 0.625. The van der Waals surface area contributed by atoms with Gasteiger partial charge in [0.05, 0.1) is 6.61 Å². The normalized spacial score (nSPS) is 15.8. The van der Waals surface area contributed by atoms with Crippen molar-refractivity contribution in [3.8, 4) is 0 Å². The van der Waals surface area contributed by atoms with Gasteiger partial charge < -0.3 is 15.3 Å². The van der Waals surface area contributed by atoms with E-state index in [1.54, 1.807) is 0 Å². The van der Waals surface area contributed by atoms with E-state index in [-0.39, 0.29) is 6.61 Å². The Bertz CT molecular complexity index is 419. The van der Waals surface area contributed by atoms with E-state index in [1.165, 1.54) is 36.9 Å². The van der Waals surface area contributed by atoms with Gasteiger partial charge in [0.1, 0.15) is 0 Å². The molecule has 0 aromatic heterocycles. The highest BCUT2D eigenvalue weighted by Crippen LogP contribution is 2.32. The molecule has 1 aromatic rings. The molecule has 0 atom stereocenters. The molecule has 1 aliphatic carbocycles. The van der Waals surface area contributed by atoms with Gasteiger partial charge in [-0.05, 0) is 37.1 Å². The lowest BCUT2D eigenvalue weighted by Crippen LogP contribution is -2.36. The Morgan fingerprint density at radius 2 is 2.10 bits per heavy atom. The second-order valence-corrected chi connectivity index (χ2v) is 6.32. The van der Waals surface area contributed by atoms with Gasteiger partial charge in [-0.1, -0.05) is 41.8 Å². The molecule has 1 aromatic carbocycles. The van der Waals surface area contributed by atoms with Crippen LogP contribution in [0.5, 0.6) is 0 Å². The van der Waals surface area contributed by atoms with Gasteiger partial charge in [0.25, 0.3) is 0 Å². The third-order valence-corrected chi connectivity index (χ3v) is 4.52. The molecule has 2 N–H and O–H groups in total. The van der Waals surface area contributed by atoms with Gasteiger partial charge in [0, 0.05) is 29.3 Å². The smallest absolute Gasteiger partial charge is 0.0606 e. The average Bonchev–Trinajstić information content (AvgIpc) is 2.97. The summed E-state index contributed by atoms with van der Waals surface area (Å²) in [4.78, 5) is 2.41. The average molecular weight is 341 g/mol. The van der Waals surface area contributed by atoms with Crippen LogP contribution >= 0.6 is 15.9 Å². The van der Waals surface area contributed by atoms with E-state index in [0.29, 0.717) is 6.04 Å². The molecule has 2 rings (SSSR count). The molecule has 0 aliphatic heterocycles. The summed E-state index contributed by atoms with van der Waals surface area (Å²) in [5.74, 6) is 0. The first-order valence-corrected chi connectivity index (χ1v) is 8.42. The number of hydrogen-bond acceptors (Lipinski definition) is 3. The van der Waals surface area contributed by atoms with E-state index in [0.717, 1.165) is 24.1 Å². The van der Waals surface area contributed by atoms with Gasteiger partial charge in [0.2, 0.25) is 0 Å². The Morgan fingerprint density at radius 1 is 1.35 bits per heavy atom. The van der Waals surface area contributed by atoms with Crippen LogP contribution in [0.15, 0.2) is 22.7 Å². The summed E-state index contributed by atoms with van der Waals surface area (Å²) in [5, 5.41) is 12.8. The van der Waals surface area contributed by atoms with Crippen molar-refractivity contribution in [3.63, 3.8) is 0 Å². The predicted molar refractivity (Wildman–Crippen MR) is 88.2 cm³/mol. The minimum Gasteiger partial charge on any atom is -0.395 e. The molecule has 3 nitrogen and oxygen atoms in total. The maximum atomic E-state index is 9.43. The minimum absolute atomic E-state index is 0.212. The summed E-state index contributed by atoms with van der Waals surface area (Å²) in [6.07, 6.45) is 5.10. The molecule has 20 heavy (non-hydrogen) atoms. The van der Waals surface area contributed by atoms with Crippen LogP contribution in [-0.2, 0) is 6.54 Å². The van der Waals surface area contributed by atoms with Crippen LogP contribution in [0.1, 0.15) is 38.2 Å². The third-order valence-electron chi connectivity index (χ3n) is 4.03. The molecule has 4 heteroatoms. The summed E-state index contributed by atoms with van der Waals surface area (Å²) in [5.41, 5.74) is 2.58. The number of hydrogen-bond donors (Lipinski definition) is 2. The van der Waals surface area contributed by atoms with Crippen molar-refractivity contribution in [1.29, 1.82) is 0 Å². The van der Waals surface area contributed by atoms with E-state index in [9.17, 15) is 5.11 Å². The maximum absolute atomic E-state index is 9.43. The van der Waals surface area contributed by atoms with E-state index in [4.69, 9.17) is 0 Å². The number of nitrogens with zero attached hydrogens (tertiary/aromatic N) is 1. The first-order valence-electron chi connectivity index (χ1n) is 7.63. The predicted octanol–water partition coefficient (Wildman–Crippen LogP) is 3.30. The second kappa shape index (κ2) is 8.01. The Balaban J connectivity index is 2.26. The standard InChI is InChI=1S/C16H25BrN2O/c1-2-18-12-13-7-8-14(17)11-16(13)19(9-10-20)15-5-3-4-6-15/h7-8,11,15,18,20H,2-6,9-10,12H2,1H3. The molecule has 0 radical (unpaired) electrons. The molecular weight excluding hydrogens is 316 g/mol. The lowest BCUT2D eigenvalue weighted by atomic mass is 10.1. The van der Waals surface area contributed by atoms with Gasteiger partial charge in [-0.2, -0.15) is 0 Å². The quantitative estimate of drug-likeness (QED) is 0.799. The van der Waals surface area contributed by atoms with Crippen LogP contribution in [0.4, 0.5) is 5.69 Å². The molecule has 0 bridgehead atoms. The highest BCUT2D eigenvalue weighted by molar-refractivity contribution is 9.10. The summed E-state index contributed by atoms with van der Waals surface area (Å²) in [7, 11) is 0. The molecule has 0 heterocycles. The monoisotopic (exact) mass is 340 g/mol. The van der Waals surface area contributed by atoms with Gasteiger partial charge in [0.15, 0.2) is 0 Å². The van der Waals surface area contributed by atoms with Crippen LogP contribution in [-0.4, -0.2) is 30.8 Å². The summed E-state index contributed by atoms with van der Waals surface area (Å²) in [6.45, 7) is 4.91. The topological polar surface area (TPSA) is 35.5 Å². The van der Waals surface area contributed by atoms with Crippen LogP contribution in [0.2, 0.25) is 0 Å². The molecule has 0 saturated heterocycles. The summed E-state index contributed by atoms with van der Waals surface area (Å²) >= 11 is 3.58. The minimum atomic E-state index is 0.212. The summed E-state index contributed by atoms with van der Waals surface area (Å²) in [6, 6.07) is 7.06. The number of benzene rings is 1. The molecule has 0 amide bonds. The summed E-state index contributed by atoms with van der Waals surface area (Å²) < 4.78 is 1.11. The fourth-order valence-corrected chi connectivity index (χ4v) is 3.39. The van der Waals surface area contributed by atoms with Gasteiger partial charge >= 0.3 is 0 Å². The number of rotatable bonds is 7. The second-order valence-electron chi connectivity index (χ2n) is 5.41. The zero-order valence-electron chi connectivity index (χ0n) is 12.2. The first kappa shape index (κ1) is 15.8. The third kappa shape index (κ3) is 3.96. The van der Waals surface area contributed by atoms with Crippen LogP contribution in [0.3, 0.4) is 0 Å². The van der Waals surface area contributed by atoms with Crippen molar-refractivity contribution in [3.05, 3.63) is 28.2 Å². The number of aliphatic hydroxyl groups is 1. The SMILES string of the molecule is CCNCc1ccc(Br)cc1N(CCO)C1CCCC1. The molecule has 1 fully saturated rings.